The van der Waals surface area contributed by atoms with Crippen molar-refractivity contribution in [3.05, 3.63) is 40.7 Å². The van der Waals surface area contributed by atoms with Crippen LogP contribution in [0.3, 0.4) is 0 Å². The lowest BCUT2D eigenvalue weighted by molar-refractivity contribution is -0.119. The summed E-state index contributed by atoms with van der Waals surface area (Å²) in [4.78, 5) is 12.1. The van der Waals surface area contributed by atoms with Gasteiger partial charge in [-0.25, -0.2) is 4.68 Å². The van der Waals surface area contributed by atoms with E-state index in [0.717, 1.165) is 24.2 Å². The van der Waals surface area contributed by atoms with Crippen molar-refractivity contribution in [1.29, 1.82) is 0 Å². The van der Waals surface area contributed by atoms with Crippen LogP contribution in [0.4, 0.5) is 0 Å². The Kier molecular flexibility index (Phi) is 4.77. The lowest BCUT2D eigenvalue weighted by Crippen LogP contribution is -2.28. The molecule has 1 aromatic heterocycles. The number of carbonyl (C=O) groups is 1. The SMILES string of the molecule is CC(NC(=O)CSc1nnc(C2CC2)n1N)c1ccccc1Cl. The van der Waals surface area contributed by atoms with Gasteiger partial charge in [-0.3, -0.25) is 4.79 Å². The third-order valence-electron chi connectivity index (χ3n) is 3.71. The fraction of sp³-hybridized carbons (Fsp3) is 0.400. The van der Waals surface area contributed by atoms with Gasteiger partial charge in [0, 0.05) is 10.9 Å². The smallest absolute Gasteiger partial charge is 0.230 e. The molecule has 1 fully saturated rings. The highest BCUT2D eigenvalue weighted by Crippen LogP contribution is 2.39. The molecule has 1 aliphatic carbocycles. The zero-order valence-electron chi connectivity index (χ0n) is 12.7. The van der Waals surface area contributed by atoms with Gasteiger partial charge in [0.1, 0.15) is 0 Å². The number of halogens is 1. The average Bonchev–Trinajstić information content (AvgIpc) is 3.29. The number of benzene rings is 1. The minimum absolute atomic E-state index is 0.0987. The molecule has 1 saturated carbocycles. The summed E-state index contributed by atoms with van der Waals surface area (Å²) in [5.74, 6) is 7.33. The van der Waals surface area contributed by atoms with Crippen LogP contribution in [0.2, 0.25) is 5.02 Å². The molecule has 1 heterocycles. The van der Waals surface area contributed by atoms with Gasteiger partial charge in [0.05, 0.1) is 11.8 Å². The van der Waals surface area contributed by atoms with Gasteiger partial charge < -0.3 is 11.2 Å². The fourth-order valence-corrected chi connectivity index (χ4v) is 3.30. The third-order valence-corrected chi connectivity index (χ3v) is 5.00. The predicted octanol–water partition coefficient (Wildman–Crippen LogP) is 2.49. The Hall–Kier alpha value is -1.73. The molecule has 3 rings (SSSR count). The van der Waals surface area contributed by atoms with Crippen LogP contribution >= 0.6 is 23.4 Å². The number of nitrogens with one attached hydrogen (secondary N) is 1. The summed E-state index contributed by atoms with van der Waals surface area (Å²) < 4.78 is 1.49. The van der Waals surface area contributed by atoms with Crippen molar-refractivity contribution in [1.82, 2.24) is 20.2 Å². The number of nitrogens with two attached hydrogens (primary N) is 1. The number of nitrogen functional groups attached to an aromatic ring is 1. The Balaban J connectivity index is 1.54. The number of amides is 1. The summed E-state index contributed by atoms with van der Waals surface area (Å²) >= 11 is 7.42. The van der Waals surface area contributed by atoms with Crippen LogP contribution in [0, 0.1) is 0 Å². The fourth-order valence-electron chi connectivity index (χ4n) is 2.32. The number of hydrogen-bond acceptors (Lipinski definition) is 5. The van der Waals surface area contributed by atoms with Crippen LogP contribution in [0.25, 0.3) is 0 Å². The third kappa shape index (κ3) is 3.79. The van der Waals surface area contributed by atoms with Crippen LogP contribution in [0.1, 0.15) is 43.1 Å². The molecule has 1 aromatic carbocycles. The van der Waals surface area contributed by atoms with E-state index >= 15 is 0 Å². The summed E-state index contributed by atoms with van der Waals surface area (Å²) in [7, 11) is 0. The van der Waals surface area contributed by atoms with E-state index in [2.05, 4.69) is 15.5 Å². The summed E-state index contributed by atoms with van der Waals surface area (Å²) in [5, 5.41) is 12.3. The largest absolute Gasteiger partial charge is 0.349 e. The number of thioether (sulfide) groups is 1. The van der Waals surface area contributed by atoms with E-state index in [4.69, 9.17) is 17.4 Å². The first kappa shape index (κ1) is 16.1. The highest BCUT2D eigenvalue weighted by Gasteiger charge is 2.30. The standard InChI is InChI=1S/C15H18ClN5OS/c1-9(11-4-2-3-5-12(11)16)18-13(22)8-23-15-20-19-14(21(15)17)10-6-7-10/h2-5,9-10H,6-8,17H2,1H3,(H,18,22). The van der Waals surface area contributed by atoms with E-state index in [-0.39, 0.29) is 17.7 Å². The molecular weight excluding hydrogens is 334 g/mol. The first-order valence-electron chi connectivity index (χ1n) is 7.43. The van der Waals surface area contributed by atoms with Gasteiger partial charge in [0.25, 0.3) is 0 Å². The van der Waals surface area contributed by atoms with Crippen LogP contribution in [0.5, 0.6) is 0 Å². The van der Waals surface area contributed by atoms with E-state index in [1.165, 1.54) is 16.4 Å². The van der Waals surface area contributed by atoms with Gasteiger partial charge in [-0.15, -0.1) is 10.2 Å². The highest BCUT2D eigenvalue weighted by atomic mass is 35.5. The van der Waals surface area contributed by atoms with Gasteiger partial charge in [-0.2, -0.15) is 0 Å². The van der Waals surface area contributed by atoms with Crippen LogP contribution in [-0.4, -0.2) is 26.5 Å². The molecule has 0 bridgehead atoms. The molecule has 2 aromatic rings. The minimum atomic E-state index is -0.158. The quantitative estimate of drug-likeness (QED) is 0.617. The molecule has 1 atom stereocenters. The maximum Gasteiger partial charge on any atom is 0.230 e. The Morgan fingerprint density at radius 1 is 1.48 bits per heavy atom. The first-order valence-corrected chi connectivity index (χ1v) is 8.79. The van der Waals surface area contributed by atoms with E-state index in [1.54, 1.807) is 0 Å². The predicted molar refractivity (Wildman–Crippen MR) is 90.9 cm³/mol. The first-order chi connectivity index (χ1) is 11.1. The Morgan fingerprint density at radius 3 is 2.91 bits per heavy atom. The Bertz CT molecular complexity index is 716. The van der Waals surface area contributed by atoms with Gasteiger partial charge in [0.2, 0.25) is 11.1 Å². The summed E-state index contributed by atoms with van der Waals surface area (Å²) in [6.07, 6.45) is 2.21. The molecule has 23 heavy (non-hydrogen) atoms. The molecule has 0 aliphatic heterocycles. The molecule has 3 N–H and O–H groups in total. The van der Waals surface area contributed by atoms with Crippen LogP contribution in [-0.2, 0) is 4.79 Å². The van der Waals surface area contributed by atoms with Crippen molar-refractivity contribution in [2.45, 2.75) is 36.9 Å². The number of hydrogen-bond donors (Lipinski definition) is 2. The zero-order valence-corrected chi connectivity index (χ0v) is 14.3. The molecule has 1 aliphatic rings. The summed E-state index contributed by atoms with van der Waals surface area (Å²) in [5.41, 5.74) is 0.894. The van der Waals surface area contributed by atoms with Crippen molar-refractivity contribution in [3.63, 3.8) is 0 Å². The molecule has 122 valence electrons. The Morgan fingerprint density at radius 2 is 2.22 bits per heavy atom. The van der Waals surface area contributed by atoms with Crippen molar-refractivity contribution >= 4 is 29.3 Å². The minimum Gasteiger partial charge on any atom is -0.349 e. The molecule has 8 heteroatoms. The van der Waals surface area contributed by atoms with E-state index in [9.17, 15) is 4.79 Å². The second kappa shape index (κ2) is 6.80. The van der Waals surface area contributed by atoms with Crippen LogP contribution < -0.4 is 11.2 Å². The van der Waals surface area contributed by atoms with Crippen molar-refractivity contribution in [2.24, 2.45) is 0 Å². The average molecular weight is 352 g/mol. The molecule has 0 spiro atoms. The lowest BCUT2D eigenvalue weighted by Gasteiger charge is -2.15. The van der Waals surface area contributed by atoms with E-state index < -0.39 is 0 Å². The monoisotopic (exact) mass is 351 g/mol. The van der Waals surface area contributed by atoms with Gasteiger partial charge in [0.15, 0.2) is 5.82 Å². The van der Waals surface area contributed by atoms with E-state index in [1.807, 2.05) is 31.2 Å². The number of carbonyl (C=O) groups excluding carboxylic acids is 1. The molecule has 1 unspecified atom stereocenters. The molecular formula is C15H18ClN5OS. The number of aromatic nitrogens is 3. The second-order valence-corrected chi connectivity index (χ2v) is 6.93. The van der Waals surface area contributed by atoms with Gasteiger partial charge in [-0.1, -0.05) is 41.6 Å². The highest BCUT2D eigenvalue weighted by molar-refractivity contribution is 7.99. The van der Waals surface area contributed by atoms with Crippen LogP contribution in [0.15, 0.2) is 29.4 Å². The number of nitrogens with zero attached hydrogens (tertiary/aromatic N) is 3. The van der Waals surface area contributed by atoms with Crippen molar-refractivity contribution in [2.75, 3.05) is 11.6 Å². The second-order valence-electron chi connectivity index (χ2n) is 5.58. The molecule has 0 saturated heterocycles. The van der Waals surface area contributed by atoms with Crippen molar-refractivity contribution < 1.29 is 4.79 Å². The van der Waals surface area contributed by atoms with E-state index in [0.29, 0.717) is 16.1 Å². The maximum atomic E-state index is 12.1. The Labute approximate surface area is 143 Å². The molecule has 1 amide bonds. The normalized spacial score (nSPS) is 15.4. The van der Waals surface area contributed by atoms with Gasteiger partial charge in [-0.05, 0) is 31.4 Å². The maximum absolute atomic E-state index is 12.1. The van der Waals surface area contributed by atoms with Crippen molar-refractivity contribution in [3.8, 4) is 0 Å². The summed E-state index contributed by atoms with van der Waals surface area (Å²) in [6.45, 7) is 1.90. The van der Waals surface area contributed by atoms with Gasteiger partial charge >= 0.3 is 0 Å². The summed E-state index contributed by atoms with van der Waals surface area (Å²) in [6, 6.07) is 7.31. The molecule has 6 nitrogen and oxygen atoms in total. The topological polar surface area (TPSA) is 85.8 Å². The zero-order chi connectivity index (χ0) is 16.4. The number of rotatable bonds is 6. The lowest BCUT2D eigenvalue weighted by atomic mass is 10.1. The molecule has 0 radical (unpaired) electrons.